The summed E-state index contributed by atoms with van der Waals surface area (Å²) in [5.41, 5.74) is 1.04. The quantitative estimate of drug-likeness (QED) is 0.548. The lowest BCUT2D eigenvalue weighted by molar-refractivity contribution is 0.0949. The normalized spacial score (nSPS) is 12.0. The highest BCUT2D eigenvalue weighted by molar-refractivity contribution is 6.02. The summed E-state index contributed by atoms with van der Waals surface area (Å²) in [5.74, 6) is -0.724. The minimum Gasteiger partial charge on any atom is -0.508 e. The molecule has 6 nitrogen and oxygen atoms in total. The van der Waals surface area contributed by atoms with Gasteiger partial charge in [-0.05, 0) is 30.3 Å². The molecule has 2 aromatic carbocycles. The van der Waals surface area contributed by atoms with Gasteiger partial charge in [0, 0.05) is 29.6 Å². The van der Waals surface area contributed by atoms with Crippen molar-refractivity contribution in [2.75, 3.05) is 6.54 Å². The van der Waals surface area contributed by atoms with E-state index in [4.69, 9.17) is 0 Å². The van der Waals surface area contributed by atoms with Crippen LogP contribution in [0.5, 0.6) is 17.2 Å². The van der Waals surface area contributed by atoms with E-state index in [0.29, 0.717) is 11.1 Å². The third-order valence-electron chi connectivity index (χ3n) is 4.10. The SMILES string of the molecule is CC(CNC(=O)c1ccc2cccnc2c1O)c1cc(O)ccc1O. The van der Waals surface area contributed by atoms with Crippen molar-refractivity contribution in [1.82, 2.24) is 10.3 Å². The highest BCUT2D eigenvalue weighted by atomic mass is 16.3. The maximum absolute atomic E-state index is 12.4. The van der Waals surface area contributed by atoms with Gasteiger partial charge in [-0.3, -0.25) is 9.78 Å². The molecule has 0 saturated heterocycles. The van der Waals surface area contributed by atoms with Crippen LogP contribution in [0.25, 0.3) is 10.9 Å². The molecule has 3 aromatic rings. The van der Waals surface area contributed by atoms with Gasteiger partial charge in [0.05, 0.1) is 5.56 Å². The first kappa shape index (κ1) is 16.6. The number of aromatic nitrogens is 1. The molecule has 1 unspecified atom stereocenters. The van der Waals surface area contributed by atoms with Gasteiger partial charge in [-0.15, -0.1) is 0 Å². The van der Waals surface area contributed by atoms with E-state index in [9.17, 15) is 20.1 Å². The fourth-order valence-electron chi connectivity index (χ4n) is 2.70. The number of carbonyl (C=O) groups excluding carboxylic acids is 1. The zero-order valence-corrected chi connectivity index (χ0v) is 13.6. The second kappa shape index (κ2) is 6.68. The number of pyridine rings is 1. The molecule has 0 radical (unpaired) electrons. The highest BCUT2D eigenvalue weighted by Gasteiger charge is 2.17. The van der Waals surface area contributed by atoms with Gasteiger partial charge in [0.15, 0.2) is 5.75 Å². The molecular formula is C19H18N2O4. The zero-order valence-electron chi connectivity index (χ0n) is 13.6. The Balaban J connectivity index is 1.76. The minimum atomic E-state index is -0.434. The minimum absolute atomic E-state index is 0.0456. The Morgan fingerprint density at radius 2 is 1.96 bits per heavy atom. The van der Waals surface area contributed by atoms with E-state index < -0.39 is 5.91 Å². The van der Waals surface area contributed by atoms with Gasteiger partial charge in [0.25, 0.3) is 5.91 Å². The topological polar surface area (TPSA) is 103 Å². The Bertz CT molecular complexity index is 940. The van der Waals surface area contributed by atoms with Crippen LogP contribution in [0.15, 0.2) is 48.7 Å². The average Bonchev–Trinajstić information content (AvgIpc) is 2.62. The molecule has 25 heavy (non-hydrogen) atoms. The number of phenolic OH excluding ortho intramolecular Hbond substituents is 3. The number of phenols is 3. The van der Waals surface area contributed by atoms with Crippen LogP contribution >= 0.6 is 0 Å². The molecule has 0 saturated carbocycles. The zero-order chi connectivity index (χ0) is 18.0. The van der Waals surface area contributed by atoms with Crippen LogP contribution in [0.2, 0.25) is 0 Å². The Hall–Kier alpha value is -3.28. The number of rotatable bonds is 4. The molecule has 0 spiro atoms. The van der Waals surface area contributed by atoms with Crippen molar-refractivity contribution in [3.8, 4) is 17.2 Å². The number of benzene rings is 2. The third kappa shape index (κ3) is 3.33. The summed E-state index contributed by atoms with van der Waals surface area (Å²) in [4.78, 5) is 16.5. The van der Waals surface area contributed by atoms with Gasteiger partial charge in [0.2, 0.25) is 0 Å². The lowest BCUT2D eigenvalue weighted by Crippen LogP contribution is -2.27. The Morgan fingerprint density at radius 1 is 1.16 bits per heavy atom. The van der Waals surface area contributed by atoms with Crippen molar-refractivity contribution >= 4 is 16.8 Å². The van der Waals surface area contributed by atoms with Crippen LogP contribution in [0.4, 0.5) is 0 Å². The van der Waals surface area contributed by atoms with E-state index in [2.05, 4.69) is 10.3 Å². The molecule has 1 amide bonds. The van der Waals surface area contributed by atoms with Gasteiger partial charge in [0.1, 0.15) is 17.0 Å². The first-order valence-electron chi connectivity index (χ1n) is 7.84. The predicted molar refractivity (Wildman–Crippen MR) is 93.9 cm³/mol. The molecule has 3 rings (SSSR count). The monoisotopic (exact) mass is 338 g/mol. The first-order valence-corrected chi connectivity index (χ1v) is 7.84. The summed E-state index contributed by atoms with van der Waals surface area (Å²) in [6, 6.07) is 11.1. The van der Waals surface area contributed by atoms with Crippen molar-refractivity contribution in [2.45, 2.75) is 12.8 Å². The maximum atomic E-state index is 12.4. The van der Waals surface area contributed by atoms with Gasteiger partial charge in [-0.2, -0.15) is 0 Å². The molecule has 4 N–H and O–H groups in total. The average molecular weight is 338 g/mol. The van der Waals surface area contributed by atoms with Crippen molar-refractivity contribution in [3.63, 3.8) is 0 Å². The summed E-state index contributed by atoms with van der Waals surface area (Å²) in [6.07, 6.45) is 1.55. The number of nitrogens with one attached hydrogen (secondary N) is 1. The number of fused-ring (bicyclic) bond motifs is 1. The van der Waals surface area contributed by atoms with Crippen LogP contribution in [0.3, 0.4) is 0 Å². The standard InChI is InChI=1S/C19H18N2O4/c1-11(15-9-13(22)5-7-16(15)23)10-21-19(25)14-6-4-12-3-2-8-20-17(12)18(14)24/h2-9,11,22-24H,10H2,1H3,(H,21,25). The van der Waals surface area contributed by atoms with Crippen molar-refractivity contribution in [2.24, 2.45) is 0 Å². The third-order valence-corrected chi connectivity index (χ3v) is 4.10. The van der Waals surface area contributed by atoms with Gasteiger partial charge >= 0.3 is 0 Å². The number of hydrogen-bond acceptors (Lipinski definition) is 5. The molecule has 0 bridgehead atoms. The van der Waals surface area contributed by atoms with Crippen molar-refractivity contribution in [3.05, 3.63) is 59.8 Å². The number of nitrogens with zero attached hydrogens (tertiary/aromatic N) is 1. The van der Waals surface area contributed by atoms with Crippen LogP contribution in [-0.4, -0.2) is 32.8 Å². The largest absolute Gasteiger partial charge is 0.508 e. The smallest absolute Gasteiger partial charge is 0.255 e. The fraction of sp³-hybridized carbons (Fsp3) is 0.158. The molecule has 128 valence electrons. The molecule has 1 heterocycles. The summed E-state index contributed by atoms with van der Waals surface area (Å²) < 4.78 is 0. The second-order valence-electron chi connectivity index (χ2n) is 5.89. The van der Waals surface area contributed by atoms with E-state index in [1.165, 1.54) is 18.2 Å². The summed E-state index contributed by atoms with van der Waals surface area (Å²) in [5, 5.41) is 33.2. The second-order valence-corrected chi connectivity index (χ2v) is 5.89. The summed E-state index contributed by atoms with van der Waals surface area (Å²) >= 11 is 0. The Kier molecular flexibility index (Phi) is 4.43. The number of hydrogen-bond donors (Lipinski definition) is 4. The Labute approximate surface area is 144 Å². The number of amides is 1. The molecular weight excluding hydrogens is 320 g/mol. The molecule has 0 aliphatic carbocycles. The van der Waals surface area contributed by atoms with Gasteiger partial charge in [-0.25, -0.2) is 0 Å². The van der Waals surface area contributed by atoms with E-state index in [0.717, 1.165) is 5.39 Å². The van der Waals surface area contributed by atoms with Crippen molar-refractivity contribution in [1.29, 1.82) is 0 Å². The van der Waals surface area contributed by atoms with E-state index in [1.54, 1.807) is 30.5 Å². The van der Waals surface area contributed by atoms with Gasteiger partial charge in [-0.1, -0.05) is 19.1 Å². The maximum Gasteiger partial charge on any atom is 0.255 e. The molecule has 1 atom stereocenters. The molecule has 0 fully saturated rings. The van der Waals surface area contributed by atoms with Crippen LogP contribution in [0.1, 0.15) is 28.8 Å². The van der Waals surface area contributed by atoms with E-state index >= 15 is 0 Å². The first-order chi connectivity index (χ1) is 12.0. The summed E-state index contributed by atoms with van der Waals surface area (Å²) in [6.45, 7) is 2.05. The lowest BCUT2D eigenvalue weighted by atomic mass is 9.99. The van der Waals surface area contributed by atoms with Crippen molar-refractivity contribution < 1.29 is 20.1 Å². The number of carbonyl (C=O) groups is 1. The van der Waals surface area contributed by atoms with Crippen LogP contribution in [-0.2, 0) is 0 Å². The van der Waals surface area contributed by atoms with Gasteiger partial charge < -0.3 is 20.6 Å². The molecule has 6 heteroatoms. The van der Waals surface area contributed by atoms with Crippen LogP contribution in [0, 0.1) is 0 Å². The highest BCUT2D eigenvalue weighted by Crippen LogP contribution is 2.29. The fourth-order valence-corrected chi connectivity index (χ4v) is 2.70. The molecule has 0 aliphatic rings. The van der Waals surface area contributed by atoms with Crippen LogP contribution < -0.4 is 5.32 Å². The Morgan fingerprint density at radius 3 is 2.76 bits per heavy atom. The molecule has 0 aliphatic heterocycles. The predicted octanol–water partition coefficient (Wildman–Crippen LogP) is 2.89. The summed E-state index contributed by atoms with van der Waals surface area (Å²) in [7, 11) is 0. The number of aromatic hydroxyl groups is 3. The van der Waals surface area contributed by atoms with E-state index in [-0.39, 0.29) is 35.3 Å². The lowest BCUT2D eigenvalue weighted by Gasteiger charge is -2.15. The van der Waals surface area contributed by atoms with E-state index in [1.807, 2.05) is 6.92 Å². The molecule has 1 aromatic heterocycles.